The van der Waals surface area contributed by atoms with Gasteiger partial charge in [0.05, 0.1) is 10.5 Å². The first-order valence-electron chi connectivity index (χ1n) is 4.17. The lowest BCUT2D eigenvalue weighted by Gasteiger charge is -1.95. The van der Waals surface area contributed by atoms with Gasteiger partial charge in [-0.1, -0.05) is 12.1 Å². The number of benzene rings is 1. The van der Waals surface area contributed by atoms with Gasteiger partial charge >= 0.3 is 5.97 Å². The smallest absolute Gasteiger partial charge is 0.335 e. The van der Waals surface area contributed by atoms with E-state index in [9.17, 15) is 14.9 Å². The van der Waals surface area contributed by atoms with Gasteiger partial charge in [-0.05, 0) is 17.7 Å². The molecule has 0 aliphatic heterocycles. The zero-order valence-electron chi connectivity index (χ0n) is 8.01. The van der Waals surface area contributed by atoms with E-state index >= 15 is 0 Å². The topological polar surface area (TPSA) is 80.4 Å². The quantitative estimate of drug-likeness (QED) is 0.607. The second-order valence-electron chi connectivity index (χ2n) is 2.97. The van der Waals surface area contributed by atoms with E-state index in [1.807, 2.05) is 0 Å². The third-order valence-electron chi connectivity index (χ3n) is 1.82. The van der Waals surface area contributed by atoms with E-state index < -0.39 is 10.9 Å². The summed E-state index contributed by atoms with van der Waals surface area (Å²) < 4.78 is 0. The van der Waals surface area contributed by atoms with Gasteiger partial charge in [-0.25, -0.2) is 4.79 Å². The van der Waals surface area contributed by atoms with E-state index in [2.05, 4.69) is 0 Å². The Kier molecular flexibility index (Phi) is 3.17. The minimum Gasteiger partial charge on any atom is -0.478 e. The lowest BCUT2D eigenvalue weighted by atomic mass is 10.1. The Bertz CT molecular complexity index is 420. The highest BCUT2D eigenvalue weighted by Gasteiger charge is 2.04. The molecule has 0 fully saturated rings. The average molecular weight is 207 g/mol. The maximum atomic E-state index is 10.5. The van der Waals surface area contributed by atoms with Crippen LogP contribution in [0.1, 0.15) is 22.8 Å². The summed E-state index contributed by atoms with van der Waals surface area (Å²) in [5.74, 6) is -1.02. The second kappa shape index (κ2) is 4.36. The van der Waals surface area contributed by atoms with Gasteiger partial charge in [0, 0.05) is 13.0 Å². The molecule has 0 saturated carbocycles. The van der Waals surface area contributed by atoms with Crippen LogP contribution < -0.4 is 0 Å². The maximum absolute atomic E-state index is 10.5. The third kappa shape index (κ3) is 2.91. The molecule has 0 saturated heterocycles. The van der Waals surface area contributed by atoms with Crippen LogP contribution in [0, 0.1) is 10.1 Å². The summed E-state index contributed by atoms with van der Waals surface area (Å²) in [6.07, 6.45) is 1.38. The molecule has 0 radical (unpaired) electrons. The van der Waals surface area contributed by atoms with Crippen LogP contribution in [-0.4, -0.2) is 16.0 Å². The Morgan fingerprint density at radius 3 is 2.33 bits per heavy atom. The van der Waals surface area contributed by atoms with Crippen molar-refractivity contribution in [2.75, 3.05) is 0 Å². The van der Waals surface area contributed by atoms with Crippen LogP contribution in [0.2, 0.25) is 0 Å². The number of nitrogens with zero attached hydrogens (tertiary/aromatic N) is 1. The van der Waals surface area contributed by atoms with Crippen LogP contribution in [0.5, 0.6) is 0 Å². The number of nitro groups is 1. The molecule has 0 amide bonds. The predicted octanol–water partition coefficient (Wildman–Crippen LogP) is 2.02. The van der Waals surface area contributed by atoms with Crippen molar-refractivity contribution in [3.63, 3.8) is 0 Å². The average Bonchev–Trinajstić information content (AvgIpc) is 2.18. The zero-order valence-corrected chi connectivity index (χ0v) is 8.01. The van der Waals surface area contributed by atoms with Crippen molar-refractivity contribution in [2.45, 2.75) is 6.92 Å². The highest BCUT2D eigenvalue weighted by molar-refractivity contribution is 5.87. The van der Waals surface area contributed by atoms with Crippen molar-refractivity contribution < 1.29 is 14.8 Å². The first-order chi connectivity index (χ1) is 7.00. The lowest BCUT2D eigenvalue weighted by molar-refractivity contribution is -0.422. The summed E-state index contributed by atoms with van der Waals surface area (Å²) in [6.45, 7) is 1.38. The highest BCUT2D eigenvalue weighted by atomic mass is 16.6. The Hall–Kier alpha value is -2.17. The van der Waals surface area contributed by atoms with Crippen molar-refractivity contribution in [2.24, 2.45) is 0 Å². The Labute approximate surface area is 85.8 Å². The van der Waals surface area contributed by atoms with Crippen molar-refractivity contribution in [1.29, 1.82) is 0 Å². The summed E-state index contributed by atoms with van der Waals surface area (Å²) >= 11 is 0. The van der Waals surface area contributed by atoms with Gasteiger partial charge in [0.1, 0.15) is 0 Å². The van der Waals surface area contributed by atoms with Crippen molar-refractivity contribution >= 4 is 12.0 Å². The third-order valence-corrected chi connectivity index (χ3v) is 1.82. The lowest BCUT2D eigenvalue weighted by Crippen LogP contribution is -1.96. The number of carbonyl (C=O) groups is 1. The van der Waals surface area contributed by atoms with Crippen molar-refractivity contribution in [3.8, 4) is 0 Å². The number of carboxylic acid groups (broad SMARTS) is 1. The molecule has 1 N–H and O–H groups in total. The summed E-state index contributed by atoms with van der Waals surface area (Å²) in [7, 11) is 0. The number of hydrogen-bond acceptors (Lipinski definition) is 3. The number of allylic oxidation sites excluding steroid dienone is 1. The normalized spacial score (nSPS) is 11.1. The molecule has 5 nitrogen and oxygen atoms in total. The number of carboxylic acids is 1. The van der Waals surface area contributed by atoms with Crippen LogP contribution in [0.3, 0.4) is 0 Å². The van der Waals surface area contributed by atoms with Gasteiger partial charge < -0.3 is 5.11 Å². The van der Waals surface area contributed by atoms with Gasteiger partial charge in [0.25, 0.3) is 0 Å². The van der Waals surface area contributed by atoms with Crippen LogP contribution in [-0.2, 0) is 0 Å². The molecule has 1 rings (SSSR count). The SMILES string of the molecule is C/C(=C/c1ccc(C(=O)O)cc1)[N+](=O)[O-]. The Morgan fingerprint density at radius 2 is 1.93 bits per heavy atom. The van der Waals surface area contributed by atoms with Crippen LogP contribution in [0.15, 0.2) is 30.0 Å². The summed E-state index contributed by atoms with van der Waals surface area (Å²) in [5.41, 5.74) is 0.776. The molecule has 0 aromatic heterocycles. The minimum atomic E-state index is -1.02. The number of rotatable bonds is 3. The number of hydrogen-bond donors (Lipinski definition) is 1. The van der Waals surface area contributed by atoms with E-state index in [4.69, 9.17) is 5.11 Å². The molecule has 15 heavy (non-hydrogen) atoms. The fourth-order valence-corrected chi connectivity index (χ4v) is 1.02. The van der Waals surface area contributed by atoms with Gasteiger partial charge in [-0.2, -0.15) is 0 Å². The molecule has 1 aromatic rings. The predicted molar refractivity (Wildman–Crippen MR) is 54.0 cm³/mol. The van der Waals surface area contributed by atoms with Crippen LogP contribution >= 0.6 is 0 Å². The molecule has 0 heterocycles. The van der Waals surface area contributed by atoms with E-state index in [1.54, 1.807) is 0 Å². The van der Waals surface area contributed by atoms with Gasteiger partial charge in [0.15, 0.2) is 0 Å². The fraction of sp³-hybridized carbons (Fsp3) is 0.100. The second-order valence-corrected chi connectivity index (χ2v) is 2.97. The molecule has 0 unspecified atom stereocenters. The molecule has 0 atom stereocenters. The largest absolute Gasteiger partial charge is 0.478 e. The Morgan fingerprint density at radius 1 is 1.40 bits per heavy atom. The molecule has 5 heteroatoms. The zero-order chi connectivity index (χ0) is 11.4. The molecule has 78 valence electrons. The molecule has 0 bridgehead atoms. The maximum Gasteiger partial charge on any atom is 0.335 e. The van der Waals surface area contributed by atoms with Crippen molar-refractivity contribution in [1.82, 2.24) is 0 Å². The molecular formula is C10H9NO4. The van der Waals surface area contributed by atoms with E-state index in [1.165, 1.54) is 37.3 Å². The molecule has 1 aromatic carbocycles. The number of aromatic carboxylic acids is 1. The monoisotopic (exact) mass is 207 g/mol. The standard InChI is InChI=1S/C10H9NO4/c1-7(11(14)15)6-8-2-4-9(5-3-8)10(12)13/h2-6H,1H3,(H,12,13)/b7-6-. The van der Waals surface area contributed by atoms with Gasteiger partial charge in [0.2, 0.25) is 5.70 Å². The van der Waals surface area contributed by atoms with Gasteiger partial charge in [-0.15, -0.1) is 0 Å². The minimum absolute atomic E-state index is 0.0121. The summed E-state index contributed by atoms with van der Waals surface area (Å²) in [5, 5.41) is 18.9. The summed E-state index contributed by atoms with van der Waals surface area (Å²) in [4.78, 5) is 20.3. The van der Waals surface area contributed by atoms with Crippen LogP contribution in [0.4, 0.5) is 0 Å². The first kappa shape index (κ1) is 10.9. The van der Waals surface area contributed by atoms with Gasteiger partial charge in [-0.3, -0.25) is 10.1 Å². The molecular weight excluding hydrogens is 198 g/mol. The fourth-order valence-electron chi connectivity index (χ4n) is 1.02. The molecule has 0 aliphatic rings. The Balaban J connectivity index is 2.95. The first-order valence-corrected chi connectivity index (χ1v) is 4.17. The highest BCUT2D eigenvalue weighted by Crippen LogP contribution is 2.09. The summed E-state index contributed by atoms with van der Waals surface area (Å²) in [6, 6.07) is 5.86. The molecule has 0 spiro atoms. The van der Waals surface area contributed by atoms with E-state index in [0.29, 0.717) is 5.56 Å². The van der Waals surface area contributed by atoms with Crippen molar-refractivity contribution in [3.05, 3.63) is 51.2 Å². The molecule has 0 aliphatic carbocycles. The van der Waals surface area contributed by atoms with Crippen LogP contribution in [0.25, 0.3) is 6.08 Å². The van der Waals surface area contributed by atoms with E-state index in [-0.39, 0.29) is 11.3 Å². The van der Waals surface area contributed by atoms with E-state index in [0.717, 1.165) is 0 Å².